The van der Waals surface area contributed by atoms with Gasteiger partial charge in [0.1, 0.15) is 0 Å². The van der Waals surface area contributed by atoms with Crippen LogP contribution in [0.25, 0.3) is 11.0 Å². The SMILES string of the molecule is CCn1c(SCC(=O)Nc2ccc(C(=O)NC3CC3)cc2)nc2ccccc21. The van der Waals surface area contributed by atoms with Crippen molar-refractivity contribution in [3.05, 3.63) is 54.1 Å². The van der Waals surface area contributed by atoms with E-state index in [9.17, 15) is 9.59 Å². The van der Waals surface area contributed by atoms with Gasteiger partial charge in [0.15, 0.2) is 5.16 Å². The normalized spacial score (nSPS) is 13.5. The maximum Gasteiger partial charge on any atom is 0.251 e. The summed E-state index contributed by atoms with van der Waals surface area (Å²) < 4.78 is 2.11. The van der Waals surface area contributed by atoms with Crippen molar-refractivity contribution in [3.8, 4) is 0 Å². The highest BCUT2D eigenvalue weighted by molar-refractivity contribution is 7.99. The number of hydrogen-bond acceptors (Lipinski definition) is 4. The number of carbonyl (C=O) groups excluding carboxylic acids is 2. The quantitative estimate of drug-likeness (QED) is 0.600. The van der Waals surface area contributed by atoms with E-state index in [1.807, 2.05) is 24.3 Å². The highest BCUT2D eigenvalue weighted by Gasteiger charge is 2.23. The van der Waals surface area contributed by atoms with E-state index >= 15 is 0 Å². The third-order valence-electron chi connectivity index (χ3n) is 4.61. The van der Waals surface area contributed by atoms with Crippen molar-refractivity contribution < 1.29 is 9.59 Å². The minimum atomic E-state index is -0.102. The van der Waals surface area contributed by atoms with Crippen molar-refractivity contribution in [2.24, 2.45) is 0 Å². The molecule has 1 aromatic heterocycles. The van der Waals surface area contributed by atoms with Gasteiger partial charge in [-0.25, -0.2) is 4.98 Å². The lowest BCUT2D eigenvalue weighted by Crippen LogP contribution is -2.25. The van der Waals surface area contributed by atoms with Gasteiger partial charge in [-0.05, 0) is 56.2 Å². The maximum absolute atomic E-state index is 12.3. The fraction of sp³-hybridized carbons (Fsp3) is 0.286. The molecule has 7 heteroatoms. The van der Waals surface area contributed by atoms with Crippen molar-refractivity contribution >= 4 is 40.3 Å². The number of para-hydroxylation sites is 2. The van der Waals surface area contributed by atoms with E-state index in [-0.39, 0.29) is 17.6 Å². The van der Waals surface area contributed by atoms with Gasteiger partial charge in [-0.3, -0.25) is 9.59 Å². The average molecular weight is 395 g/mol. The van der Waals surface area contributed by atoms with Crippen LogP contribution in [0.1, 0.15) is 30.1 Å². The predicted molar refractivity (Wildman–Crippen MR) is 112 cm³/mol. The molecule has 0 radical (unpaired) electrons. The molecule has 1 aliphatic rings. The zero-order valence-corrected chi connectivity index (χ0v) is 16.5. The number of carbonyl (C=O) groups is 2. The van der Waals surface area contributed by atoms with Crippen LogP contribution in [0, 0.1) is 0 Å². The van der Waals surface area contributed by atoms with Crippen LogP contribution in [0.15, 0.2) is 53.7 Å². The maximum atomic E-state index is 12.3. The van der Waals surface area contributed by atoms with E-state index in [4.69, 9.17) is 0 Å². The third kappa shape index (κ3) is 4.20. The summed E-state index contributed by atoms with van der Waals surface area (Å²) in [4.78, 5) is 29.0. The van der Waals surface area contributed by atoms with E-state index in [0.29, 0.717) is 17.3 Å². The Morgan fingerprint density at radius 1 is 1.14 bits per heavy atom. The number of aromatic nitrogens is 2. The molecule has 144 valence electrons. The summed E-state index contributed by atoms with van der Waals surface area (Å²) in [5.74, 6) is 0.108. The highest BCUT2D eigenvalue weighted by Crippen LogP contribution is 2.24. The van der Waals surface area contributed by atoms with Crippen LogP contribution < -0.4 is 10.6 Å². The molecule has 2 aromatic carbocycles. The first-order valence-corrected chi connectivity index (χ1v) is 10.4. The molecule has 3 aromatic rings. The topological polar surface area (TPSA) is 76.0 Å². The molecule has 6 nitrogen and oxygen atoms in total. The zero-order chi connectivity index (χ0) is 19.5. The summed E-state index contributed by atoms with van der Waals surface area (Å²) in [6, 6.07) is 15.3. The van der Waals surface area contributed by atoms with E-state index in [1.54, 1.807) is 24.3 Å². The number of thioether (sulfide) groups is 1. The van der Waals surface area contributed by atoms with Crippen LogP contribution >= 0.6 is 11.8 Å². The van der Waals surface area contributed by atoms with Gasteiger partial charge in [-0.2, -0.15) is 0 Å². The van der Waals surface area contributed by atoms with Gasteiger partial charge in [0.25, 0.3) is 5.91 Å². The van der Waals surface area contributed by atoms with E-state index in [1.165, 1.54) is 11.8 Å². The molecule has 0 aliphatic heterocycles. The molecule has 2 amide bonds. The molecule has 1 fully saturated rings. The molecule has 28 heavy (non-hydrogen) atoms. The number of imidazole rings is 1. The summed E-state index contributed by atoms with van der Waals surface area (Å²) in [6.45, 7) is 2.87. The van der Waals surface area contributed by atoms with Gasteiger partial charge >= 0.3 is 0 Å². The minimum absolute atomic E-state index is 0.0607. The van der Waals surface area contributed by atoms with Crippen molar-refractivity contribution in [2.75, 3.05) is 11.1 Å². The molecule has 0 bridgehead atoms. The Balaban J connectivity index is 1.35. The first-order chi connectivity index (χ1) is 13.6. The lowest BCUT2D eigenvalue weighted by atomic mass is 10.2. The van der Waals surface area contributed by atoms with Crippen LogP contribution in [-0.4, -0.2) is 33.2 Å². The van der Waals surface area contributed by atoms with Gasteiger partial charge in [-0.15, -0.1) is 0 Å². The van der Waals surface area contributed by atoms with Gasteiger partial charge in [0.05, 0.1) is 16.8 Å². The summed E-state index contributed by atoms with van der Waals surface area (Å²) >= 11 is 1.42. The van der Waals surface area contributed by atoms with Gasteiger partial charge in [-0.1, -0.05) is 23.9 Å². The van der Waals surface area contributed by atoms with Crippen LogP contribution in [0.3, 0.4) is 0 Å². The van der Waals surface area contributed by atoms with E-state index < -0.39 is 0 Å². The molecule has 1 aliphatic carbocycles. The van der Waals surface area contributed by atoms with Crippen molar-refractivity contribution in [1.29, 1.82) is 0 Å². The lowest BCUT2D eigenvalue weighted by Gasteiger charge is -2.08. The summed E-state index contributed by atoms with van der Waals surface area (Å²) in [5, 5.41) is 6.66. The van der Waals surface area contributed by atoms with Crippen molar-refractivity contribution in [3.63, 3.8) is 0 Å². The highest BCUT2D eigenvalue weighted by atomic mass is 32.2. The lowest BCUT2D eigenvalue weighted by molar-refractivity contribution is -0.113. The van der Waals surface area contributed by atoms with Crippen LogP contribution in [0.2, 0.25) is 0 Å². The van der Waals surface area contributed by atoms with Gasteiger partial charge < -0.3 is 15.2 Å². The Hall–Kier alpha value is -2.80. The fourth-order valence-electron chi connectivity index (χ4n) is 3.00. The van der Waals surface area contributed by atoms with Gasteiger partial charge in [0, 0.05) is 23.8 Å². The smallest absolute Gasteiger partial charge is 0.251 e. The number of fused-ring (bicyclic) bond motifs is 1. The fourth-order valence-corrected chi connectivity index (χ4v) is 3.88. The van der Waals surface area contributed by atoms with Crippen LogP contribution in [0.4, 0.5) is 5.69 Å². The Morgan fingerprint density at radius 3 is 2.61 bits per heavy atom. The van der Waals surface area contributed by atoms with Crippen LogP contribution in [0.5, 0.6) is 0 Å². The number of benzene rings is 2. The van der Waals surface area contributed by atoms with Crippen molar-refractivity contribution in [1.82, 2.24) is 14.9 Å². The van der Waals surface area contributed by atoms with E-state index in [0.717, 1.165) is 35.6 Å². The molecular weight excluding hydrogens is 372 g/mol. The summed E-state index contributed by atoms with van der Waals surface area (Å²) in [5.41, 5.74) is 3.30. The number of hydrogen-bond donors (Lipinski definition) is 2. The second-order valence-corrected chi connectivity index (χ2v) is 7.73. The summed E-state index contributed by atoms with van der Waals surface area (Å²) in [6.07, 6.45) is 2.12. The Kier molecular flexibility index (Phi) is 5.34. The van der Waals surface area contributed by atoms with E-state index in [2.05, 4.69) is 27.1 Å². The average Bonchev–Trinajstić information content (AvgIpc) is 3.44. The standard InChI is InChI=1S/C21H22N4O2S/c1-2-25-18-6-4-3-5-17(18)24-21(25)28-13-19(26)22-15-9-7-14(8-10-15)20(27)23-16-11-12-16/h3-10,16H,2,11-13H2,1H3,(H,22,26)(H,23,27). The minimum Gasteiger partial charge on any atom is -0.349 e. The van der Waals surface area contributed by atoms with Crippen LogP contribution in [-0.2, 0) is 11.3 Å². The molecule has 0 unspecified atom stereocenters. The molecule has 0 spiro atoms. The first kappa shape index (κ1) is 18.6. The zero-order valence-electron chi connectivity index (χ0n) is 15.6. The number of anilines is 1. The number of nitrogens with one attached hydrogen (secondary N) is 2. The molecule has 0 saturated heterocycles. The monoisotopic (exact) mass is 394 g/mol. The largest absolute Gasteiger partial charge is 0.349 e. The molecule has 1 saturated carbocycles. The van der Waals surface area contributed by atoms with Gasteiger partial charge in [0.2, 0.25) is 5.91 Å². The molecule has 0 atom stereocenters. The Labute approximate surface area is 167 Å². The number of nitrogens with zero attached hydrogens (tertiary/aromatic N) is 2. The number of amides is 2. The Bertz CT molecular complexity index is 1010. The summed E-state index contributed by atoms with van der Waals surface area (Å²) in [7, 11) is 0. The first-order valence-electron chi connectivity index (χ1n) is 9.43. The second-order valence-electron chi connectivity index (χ2n) is 6.79. The molecular formula is C21H22N4O2S. The predicted octanol–water partition coefficient (Wildman–Crippen LogP) is 3.68. The third-order valence-corrected chi connectivity index (χ3v) is 5.59. The van der Waals surface area contributed by atoms with Crippen molar-refractivity contribution in [2.45, 2.75) is 37.5 Å². The molecule has 2 N–H and O–H groups in total. The Morgan fingerprint density at radius 2 is 1.89 bits per heavy atom. The second kappa shape index (κ2) is 8.06. The number of aryl methyl sites for hydroxylation is 1. The molecule has 4 rings (SSSR count). The number of rotatable bonds is 7. The molecule has 1 heterocycles.